The lowest BCUT2D eigenvalue weighted by Gasteiger charge is -2.25. The van der Waals surface area contributed by atoms with Gasteiger partial charge in [-0.1, -0.05) is 12.1 Å². The van der Waals surface area contributed by atoms with E-state index in [2.05, 4.69) is 0 Å². The first kappa shape index (κ1) is 14.2. The molecular formula is C15H15FO4. The Bertz CT molecular complexity index is 560. The normalized spacial score (nSPS) is 18.8. The molecule has 0 amide bonds. The van der Waals surface area contributed by atoms with E-state index in [-0.39, 0.29) is 24.6 Å². The van der Waals surface area contributed by atoms with Gasteiger partial charge in [-0.15, -0.1) is 0 Å². The van der Waals surface area contributed by atoms with Gasteiger partial charge < -0.3 is 9.47 Å². The van der Waals surface area contributed by atoms with E-state index in [1.165, 1.54) is 12.1 Å². The van der Waals surface area contributed by atoms with Crippen LogP contribution in [0, 0.1) is 5.82 Å². The summed E-state index contributed by atoms with van der Waals surface area (Å²) in [6.45, 7) is 3.50. The molecule has 0 aliphatic carbocycles. The van der Waals surface area contributed by atoms with E-state index in [9.17, 15) is 14.0 Å². The average molecular weight is 278 g/mol. The molecule has 0 saturated heterocycles. The zero-order valence-electron chi connectivity index (χ0n) is 11.3. The minimum Gasteiger partial charge on any atom is -0.463 e. The van der Waals surface area contributed by atoms with Crippen molar-refractivity contribution in [3.8, 4) is 0 Å². The number of esters is 2. The Morgan fingerprint density at radius 3 is 2.65 bits per heavy atom. The van der Waals surface area contributed by atoms with Crippen LogP contribution in [-0.4, -0.2) is 18.5 Å². The van der Waals surface area contributed by atoms with Gasteiger partial charge in [-0.3, -0.25) is 4.79 Å². The van der Waals surface area contributed by atoms with Crippen LogP contribution in [0.4, 0.5) is 4.39 Å². The number of halogens is 1. The molecule has 0 spiro atoms. The molecule has 0 saturated carbocycles. The Morgan fingerprint density at radius 2 is 2.05 bits per heavy atom. The van der Waals surface area contributed by atoms with Crippen molar-refractivity contribution >= 4 is 11.9 Å². The summed E-state index contributed by atoms with van der Waals surface area (Å²) in [5.41, 5.74) is 1.00. The number of cyclic esters (lactones) is 1. The SMILES string of the molecule is CCOC(=O)C1=C(C)OC(=O)C[C@H]1c1ccc(F)cc1. The number of carbonyl (C=O) groups excluding carboxylic acids is 2. The summed E-state index contributed by atoms with van der Waals surface area (Å²) in [6, 6.07) is 5.72. The van der Waals surface area contributed by atoms with Gasteiger partial charge in [0.25, 0.3) is 0 Å². The number of allylic oxidation sites excluding steroid dienone is 1. The number of benzene rings is 1. The zero-order chi connectivity index (χ0) is 14.7. The lowest BCUT2D eigenvalue weighted by molar-refractivity contribution is -0.144. The van der Waals surface area contributed by atoms with E-state index in [0.29, 0.717) is 11.1 Å². The fourth-order valence-electron chi connectivity index (χ4n) is 2.26. The Balaban J connectivity index is 2.41. The Hall–Kier alpha value is -2.17. The highest BCUT2D eigenvalue weighted by Crippen LogP contribution is 2.35. The van der Waals surface area contributed by atoms with Gasteiger partial charge in [0.05, 0.1) is 18.6 Å². The Morgan fingerprint density at radius 1 is 1.40 bits per heavy atom. The second-order valence-electron chi connectivity index (χ2n) is 4.47. The van der Waals surface area contributed by atoms with Crippen LogP contribution in [0.5, 0.6) is 0 Å². The number of carbonyl (C=O) groups is 2. The van der Waals surface area contributed by atoms with Crippen molar-refractivity contribution in [3.05, 3.63) is 47.0 Å². The Kier molecular flexibility index (Phi) is 4.17. The molecule has 1 heterocycles. The third-order valence-electron chi connectivity index (χ3n) is 3.13. The molecule has 0 N–H and O–H groups in total. The van der Waals surface area contributed by atoms with E-state index in [4.69, 9.17) is 9.47 Å². The van der Waals surface area contributed by atoms with E-state index in [1.807, 2.05) is 0 Å². The molecule has 1 aliphatic heterocycles. The summed E-state index contributed by atoms with van der Waals surface area (Å²) in [5, 5.41) is 0. The van der Waals surface area contributed by atoms with Crippen molar-refractivity contribution in [2.24, 2.45) is 0 Å². The molecule has 1 aromatic rings. The molecule has 5 heteroatoms. The second kappa shape index (κ2) is 5.86. The van der Waals surface area contributed by atoms with Crippen LogP contribution in [0.1, 0.15) is 31.7 Å². The van der Waals surface area contributed by atoms with Crippen molar-refractivity contribution in [1.29, 1.82) is 0 Å². The standard InChI is InChI=1S/C15H15FO4/c1-3-19-15(18)14-9(2)20-13(17)8-12(14)10-4-6-11(16)7-5-10/h4-7,12H,3,8H2,1-2H3/t12-/m0/s1. The number of hydrogen-bond donors (Lipinski definition) is 0. The van der Waals surface area contributed by atoms with Gasteiger partial charge in [-0.2, -0.15) is 0 Å². The highest BCUT2D eigenvalue weighted by Gasteiger charge is 2.34. The smallest absolute Gasteiger partial charge is 0.338 e. The van der Waals surface area contributed by atoms with Crippen LogP contribution in [0.15, 0.2) is 35.6 Å². The molecule has 106 valence electrons. The summed E-state index contributed by atoms with van der Waals surface area (Å²) >= 11 is 0. The first-order chi connectivity index (χ1) is 9.52. The third-order valence-corrected chi connectivity index (χ3v) is 3.13. The second-order valence-corrected chi connectivity index (χ2v) is 4.47. The number of rotatable bonds is 3. The molecule has 0 radical (unpaired) electrons. The fraction of sp³-hybridized carbons (Fsp3) is 0.333. The average Bonchev–Trinajstić information content (AvgIpc) is 2.38. The summed E-state index contributed by atoms with van der Waals surface area (Å²) in [5.74, 6) is -1.51. The summed E-state index contributed by atoms with van der Waals surface area (Å²) in [7, 11) is 0. The Labute approximate surface area is 116 Å². The maximum atomic E-state index is 13.0. The van der Waals surface area contributed by atoms with Crippen LogP contribution >= 0.6 is 0 Å². The van der Waals surface area contributed by atoms with Crippen molar-refractivity contribution in [1.82, 2.24) is 0 Å². The molecule has 1 atom stereocenters. The van der Waals surface area contributed by atoms with Crippen molar-refractivity contribution < 1.29 is 23.5 Å². The lowest BCUT2D eigenvalue weighted by atomic mass is 9.86. The summed E-state index contributed by atoms with van der Waals surface area (Å²) in [4.78, 5) is 23.6. The molecule has 2 rings (SSSR count). The highest BCUT2D eigenvalue weighted by atomic mass is 19.1. The molecule has 0 unspecified atom stereocenters. The van der Waals surface area contributed by atoms with Gasteiger partial charge in [0, 0.05) is 5.92 Å². The minimum atomic E-state index is -0.508. The molecule has 1 aromatic carbocycles. The third kappa shape index (κ3) is 2.87. The monoisotopic (exact) mass is 278 g/mol. The van der Waals surface area contributed by atoms with Gasteiger partial charge in [-0.05, 0) is 31.5 Å². The van der Waals surface area contributed by atoms with Crippen LogP contribution in [0.3, 0.4) is 0 Å². The first-order valence-corrected chi connectivity index (χ1v) is 6.37. The summed E-state index contributed by atoms with van der Waals surface area (Å²) < 4.78 is 23.0. The van der Waals surface area contributed by atoms with E-state index in [1.54, 1.807) is 26.0 Å². The van der Waals surface area contributed by atoms with Gasteiger partial charge in [0.2, 0.25) is 0 Å². The topological polar surface area (TPSA) is 52.6 Å². The molecule has 4 nitrogen and oxygen atoms in total. The number of ether oxygens (including phenoxy) is 2. The fourth-order valence-corrected chi connectivity index (χ4v) is 2.26. The van der Waals surface area contributed by atoms with Crippen LogP contribution in [0.2, 0.25) is 0 Å². The highest BCUT2D eigenvalue weighted by molar-refractivity contribution is 5.93. The van der Waals surface area contributed by atoms with E-state index in [0.717, 1.165) is 0 Å². The van der Waals surface area contributed by atoms with Crippen LogP contribution in [0.25, 0.3) is 0 Å². The van der Waals surface area contributed by atoms with Gasteiger partial charge in [-0.25, -0.2) is 9.18 Å². The zero-order valence-corrected chi connectivity index (χ0v) is 11.3. The van der Waals surface area contributed by atoms with Gasteiger partial charge in [0.15, 0.2) is 0 Å². The predicted molar refractivity (Wildman–Crippen MR) is 69.2 cm³/mol. The van der Waals surface area contributed by atoms with Gasteiger partial charge >= 0.3 is 11.9 Å². The molecule has 0 aromatic heterocycles. The summed E-state index contributed by atoms with van der Waals surface area (Å²) in [6.07, 6.45) is 0.0388. The van der Waals surface area contributed by atoms with Crippen molar-refractivity contribution in [3.63, 3.8) is 0 Å². The largest absolute Gasteiger partial charge is 0.463 e. The molecule has 20 heavy (non-hydrogen) atoms. The van der Waals surface area contributed by atoms with Gasteiger partial charge in [0.1, 0.15) is 11.6 Å². The predicted octanol–water partition coefficient (Wildman–Crippen LogP) is 2.69. The van der Waals surface area contributed by atoms with Crippen LogP contribution < -0.4 is 0 Å². The van der Waals surface area contributed by atoms with Crippen molar-refractivity contribution in [2.75, 3.05) is 6.61 Å². The molecular weight excluding hydrogens is 263 g/mol. The van der Waals surface area contributed by atoms with E-state index < -0.39 is 17.9 Å². The maximum Gasteiger partial charge on any atom is 0.338 e. The molecule has 0 fully saturated rings. The molecule has 1 aliphatic rings. The maximum absolute atomic E-state index is 13.0. The first-order valence-electron chi connectivity index (χ1n) is 6.37. The molecule has 0 bridgehead atoms. The van der Waals surface area contributed by atoms with Crippen LogP contribution in [-0.2, 0) is 19.1 Å². The van der Waals surface area contributed by atoms with Crippen molar-refractivity contribution in [2.45, 2.75) is 26.2 Å². The quantitative estimate of drug-likeness (QED) is 0.798. The lowest BCUT2D eigenvalue weighted by Crippen LogP contribution is -2.25. The minimum absolute atomic E-state index is 0.0388. The number of hydrogen-bond acceptors (Lipinski definition) is 4. The van der Waals surface area contributed by atoms with E-state index >= 15 is 0 Å².